The highest BCUT2D eigenvalue weighted by atomic mass is 32.2. The van der Waals surface area contributed by atoms with Crippen molar-refractivity contribution in [3.63, 3.8) is 0 Å². The van der Waals surface area contributed by atoms with Crippen molar-refractivity contribution in [2.45, 2.75) is 35.7 Å². The van der Waals surface area contributed by atoms with Crippen LogP contribution in [-0.4, -0.2) is 34.7 Å². The van der Waals surface area contributed by atoms with Crippen LogP contribution in [0, 0.1) is 5.82 Å². The minimum atomic E-state index is -4.74. The Morgan fingerprint density at radius 2 is 1.89 bits per heavy atom. The lowest BCUT2D eigenvalue weighted by Gasteiger charge is -2.35. The number of halogens is 4. The molecule has 3 heterocycles. The molecule has 1 N–H and O–H groups in total. The molecule has 2 aliphatic rings. The molecule has 11 heteroatoms. The monoisotopic (exact) mass is 416 g/mol. The van der Waals surface area contributed by atoms with E-state index < -0.39 is 56.6 Å². The number of rotatable bonds is 2. The number of hydrogen-bond donors (Lipinski definition) is 1. The number of piperidine rings is 1. The van der Waals surface area contributed by atoms with E-state index >= 15 is 0 Å². The molecule has 1 aromatic heterocycles. The van der Waals surface area contributed by atoms with Crippen LogP contribution in [0.4, 0.5) is 17.6 Å². The summed E-state index contributed by atoms with van der Waals surface area (Å²) in [6, 6.07) is 2.54. The Morgan fingerprint density at radius 3 is 2.50 bits per heavy atom. The summed E-state index contributed by atoms with van der Waals surface area (Å²) in [5.41, 5.74) is -1.16. The van der Waals surface area contributed by atoms with Gasteiger partial charge in [0.1, 0.15) is 28.6 Å². The van der Waals surface area contributed by atoms with Gasteiger partial charge in [0, 0.05) is 18.2 Å². The summed E-state index contributed by atoms with van der Waals surface area (Å²) >= 11 is 0. The van der Waals surface area contributed by atoms with E-state index in [0.29, 0.717) is 12.3 Å². The van der Waals surface area contributed by atoms with Crippen LogP contribution in [0.25, 0.3) is 0 Å². The topological polar surface area (TPSA) is 87.6 Å². The summed E-state index contributed by atoms with van der Waals surface area (Å²) in [5.74, 6) is -1.68. The highest BCUT2D eigenvalue weighted by molar-refractivity contribution is 7.89. The number of pyridine rings is 1. The van der Waals surface area contributed by atoms with Crippen LogP contribution in [0.2, 0.25) is 0 Å². The highest BCUT2D eigenvalue weighted by Crippen LogP contribution is 2.52. The summed E-state index contributed by atoms with van der Waals surface area (Å²) in [6.07, 6.45) is -5.95. The zero-order chi connectivity index (χ0) is 20.4. The van der Waals surface area contributed by atoms with Crippen LogP contribution in [-0.2, 0) is 21.0 Å². The zero-order valence-corrected chi connectivity index (χ0v) is 14.7. The number of Topliss-reactive ketones (excluding diaryl/α,β-unsaturated/α-hetero) is 1. The van der Waals surface area contributed by atoms with Crippen molar-refractivity contribution in [3.05, 3.63) is 59.2 Å². The van der Waals surface area contributed by atoms with E-state index in [1.165, 1.54) is 12.1 Å². The fourth-order valence-corrected chi connectivity index (χ4v) is 5.40. The van der Waals surface area contributed by atoms with Crippen LogP contribution >= 0.6 is 0 Å². The number of carbonyl (C=O) groups is 1. The van der Waals surface area contributed by atoms with Crippen LogP contribution in [0.5, 0.6) is 0 Å². The van der Waals surface area contributed by atoms with Gasteiger partial charge in [0.2, 0.25) is 10.0 Å². The SMILES string of the molecule is O=C1C(O)CC2c3cccc(F)c3C1N2S(=O)(=O)c1ccc(C(F)(F)F)nc1. The van der Waals surface area contributed by atoms with Crippen LogP contribution in [0.3, 0.4) is 0 Å². The number of carbonyl (C=O) groups excluding carboxylic acids is 1. The quantitative estimate of drug-likeness (QED) is 0.760. The molecule has 0 radical (unpaired) electrons. The largest absolute Gasteiger partial charge is 0.433 e. The van der Waals surface area contributed by atoms with Crippen molar-refractivity contribution in [1.82, 2.24) is 9.29 Å². The Hall–Kier alpha value is -2.37. The fourth-order valence-electron chi connectivity index (χ4n) is 3.71. The Morgan fingerprint density at radius 1 is 1.18 bits per heavy atom. The summed E-state index contributed by atoms with van der Waals surface area (Å²) < 4.78 is 79.4. The average molecular weight is 416 g/mol. The van der Waals surface area contributed by atoms with Crippen molar-refractivity contribution in [2.24, 2.45) is 0 Å². The Kier molecular flexibility index (Phi) is 4.11. The van der Waals surface area contributed by atoms with E-state index in [1.807, 2.05) is 0 Å². The van der Waals surface area contributed by atoms with E-state index in [0.717, 1.165) is 16.4 Å². The van der Waals surface area contributed by atoms with Gasteiger partial charge in [-0.05, 0) is 23.8 Å². The number of aromatic nitrogens is 1. The van der Waals surface area contributed by atoms with Gasteiger partial charge < -0.3 is 5.11 Å². The number of nitrogens with zero attached hydrogens (tertiary/aromatic N) is 2. The molecular formula is C17H12F4N2O4S. The molecule has 4 rings (SSSR count). The van der Waals surface area contributed by atoms with Gasteiger partial charge >= 0.3 is 6.18 Å². The average Bonchev–Trinajstić information content (AvgIpc) is 2.91. The van der Waals surface area contributed by atoms with Crippen molar-refractivity contribution in [2.75, 3.05) is 0 Å². The van der Waals surface area contributed by atoms with Crippen LogP contribution < -0.4 is 0 Å². The van der Waals surface area contributed by atoms with E-state index in [2.05, 4.69) is 4.98 Å². The predicted octanol–water partition coefficient (Wildman–Crippen LogP) is 2.36. The number of aliphatic hydroxyl groups excluding tert-OH is 1. The minimum Gasteiger partial charge on any atom is -0.385 e. The number of hydrogen-bond acceptors (Lipinski definition) is 5. The molecule has 3 atom stereocenters. The van der Waals surface area contributed by atoms with Crippen molar-refractivity contribution >= 4 is 15.8 Å². The maximum atomic E-state index is 14.4. The van der Waals surface area contributed by atoms with Gasteiger partial charge in [-0.25, -0.2) is 12.8 Å². The molecule has 3 unspecified atom stereocenters. The number of aliphatic hydroxyl groups is 1. The lowest BCUT2D eigenvalue weighted by atomic mass is 9.99. The molecule has 1 aromatic carbocycles. The van der Waals surface area contributed by atoms with E-state index in [4.69, 9.17) is 0 Å². The van der Waals surface area contributed by atoms with E-state index in [9.17, 15) is 35.9 Å². The summed E-state index contributed by atoms with van der Waals surface area (Å²) in [4.78, 5) is 15.1. The summed E-state index contributed by atoms with van der Waals surface area (Å²) in [7, 11) is -4.50. The first-order chi connectivity index (χ1) is 13.0. The molecule has 6 nitrogen and oxygen atoms in total. The number of benzene rings is 1. The summed E-state index contributed by atoms with van der Waals surface area (Å²) in [5, 5.41) is 9.97. The molecule has 0 amide bonds. The third-order valence-electron chi connectivity index (χ3n) is 4.93. The maximum Gasteiger partial charge on any atom is 0.433 e. The normalized spacial score (nSPS) is 25.0. The van der Waals surface area contributed by atoms with E-state index in [-0.39, 0.29) is 17.5 Å². The number of sulfonamides is 1. The molecule has 2 bridgehead atoms. The van der Waals surface area contributed by atoms with Gasteiger partial charge in [0.15, 0.2) is 5.78 Å². The molecule has 0 saturated carbocycles. The van der Waals surface area contributed by atoms with Gasteiger partial charge in [0.05, 0.1) is 6.04 Å². The van der Waals surface area contributed by atoms with Crippen molar-refractivity contribution in [1.29, 1.82) is 0 Å². The Bertz CT molecular complexity index is 1070. The lowest BCUT2D eigenvalue weighted by Crippen LogP contribution is -2.46. The van der Waals surface area contributed by atoms with Gasteiger partial charge in [-0.2, -0.15) is 17.5 Å². The molecule has 0 spiro atoms. The predicted molar refractivity (Wildman–Crippen MR) is 85.8 cm³/mol. The molecule has 1 fully saturated rings. The van der Waals surface area contributed by atoms with Gasteiger partial charge in [-0.3, -0.25) is 9.78 Å². The highest BCUT2D eigenvalue weighted by Gasteiger charge is 2.55. The Balaban J connectivity index is 1.83. The van der Waals surface area contributed by atoms with Crippen LogP contribution in [0.1, 0.15) is 35.3 Å². The number of fused-ring (bicyclic) bond motifs is 5. The molecule has 1 saturated heterocycles. The first-order valence-electron chi connectivity index (χ1n) is 8.10. The zero-order valence-electron chi connectivity index (χ0n) is 13.9. The van der Waals surface area contributed by atoms with E-state index in [1.54, 1.807) is 0 Å². The molecule has 2 aliphatic heterocycles. The fraction of sp³-hybridized carbons (Fsp3) is 0.294. The Labute approximate surface area is 156 Å². The molecule has 2 aromatic rings. The smallest absolute Gasteiger partial charge is 0.385 e. The van der Waals surface area contributed by atoms with Gasteiger partial charge in [-0.1, -0.05) is 12.1 Å². The third kappa shape index (κ3) is 2.65. The molecule has 148 valence electrons. The number of alkyl halides is 3. The second kappa shape index (κ2) is 6.06. The number of ketones is 1. The molecule has 0 aliphatic carbocycles. The molecule has 28 heavy (non-hydrogen) atoms. The first kappa shape index (κ1) is 19.0. The van der Waals surface area contributed by atoms with Gasteiger partial charge in [-0.15, -0.1) is 0 Å². The third-order valence-corrected chi connectivity index (χ3v) is 6.78. The standard InChI is InChI=1S/C17H12F4N2O4S/c18-10-3-1-2-9-11-6-12(24)16(25)15(14(9)10)23(11)28(26,27)8-4-5-13(22-7-8)17(19,20)21/h1-5,7,11-12,15,24H,6H2. The molecular weight excluding hydrogens is 404 g/mol. The summed E-state index contributed by atoms with van der Waals surface area (Å²) in [6.45, 7) is 0. The maximum absolute atomic E-state index is 14.4. The van der Waals surface area contributed by atoms with Crippen molar-refractivity contribution < 1.29 is 35.9 Å². The lowest BCUT2D eigenvalue weighted by molar-refractivity contribution is -0.141. The first-order valence-corrected chi connectivity index (χ1v) is 9.54. The van der Waals surface area contributed by atoms with Gasteiger partial charge in [0.25, 0.3) is 0 Å². The van der Waals surface area contributed by atoms with Crippen LogP contribution in [0.15, 0.2) is 41.4 Å². The second-order valence-electron chi connectivity index (χ2n) is 6.53. The minimum absolute atomic E-state index is 0.141. The van der Waals surface area contributed by atoms with Crippen molar-refractivity contribution in [3.8, 4) is 0 Å². The second-order valence-corrected chi connectivity index (χ2v) is 8.37.